The van der Waals surface area contributed by atoms with E-state index in [4.69, 9.17) is 0 Å². The molecule has 25 heavy (non-hydrogen) atoms. The fraction of sp³-hybridized carbons (Fsp3) is 0.500. The highest BCUT2D eigenvalue weighted by Crippen LogP contribution is 2.12. The maximum atomic E-state index is 12.6. The second-order valence-electron chi connectivity index (χ2n) is 6.12. The molecule has 0 spiro atoms. The Labute approximate surface area is 148 Å². The van der Waals surface area contributed by atoms with E-state index in [1.54, 1.807) is 11.8 Å². The molecule has 2 rings (SSSR count). The lowest BCUT2D eigenvalue weighted by molar-refractivity contribution is -0.125. The molecule has 7 nitrogen and oxygen atoms in total. The number of imide groups is 1. The van der Waals surface area contributed by atoms with Gasteiger partial charge in [-0.1, -0.05) is 19.1 Å². The third-order valence-corrected chi connectivity index (χ3v) is 4.60. The van der Waals surface area contributed by atoms with Crippen LogP contribution < -0.4 is 10.6 Å². The van der Waals surface area contributed by atoms with Crippen LogP contribution in [-0.4, -0.2) is 66.9 Å². The molecule has 1 aliphatic rings. The molecule has 1 aliphatic heterocycles. The molecule has 0 aromatic heterocycles. The Bertz CT molecular complexity index is 622. The lowest BCUT2D eigenvalue weighted by Crippen LogP contribution is -2.56. The molecule has 2 N–H and O–H groups in total. The van der Waals surface area contributed by atoms with Crippen molar-refractivity contribution in [2.45, 2.75) is 26.3 Å². The SMILES string of the molecule is CCc1ccc(C(=O)N2CCN(C(C)C(=O)NC(=O)NC)CC2)cc1. The van der Waals surface area contributed by atoms with Crippen molar-refractivity contribution in [2.75, 3.05) is 33.2 Å². The molecule has 1 fully saturated rings. The largest absolute Gasteiger partial charge is 0.341 e. The van der Waals surface area contributed by atoms with Crippen LogP contribution in [0, 0.1) is 0 Å². The number of urea groups is 1. The average molecular weight is 346 g/mol. The lowest BCUT2D eigenvalue weighted by Gasteiger charge is -2.37. The number of aryl methyl sites for hydroxylation is 1. The Hall–Kier alpha value is -2.41. The van der Waals surface area contributed by atoms with Crippen LogP contribution in [0.25, 0.3) is 0 Å². The van der Waals surface area contributed by atoms with E-state index >= 15 is 0 Å². The second kappa shape index (κ2) is 8.62. The number of hydrogen-bond acceptors (Lipinski definition) is 4. The zero-order valence-corrected chi connectivity index (χ0v) is 15.0. The predicted molar refractivity (Wildman–Crippen MR) is 95.4 cm³/mol. The van der Waals surface area contributed by atoms with Gasteiger partial charge in [-0.25, -0.2) is 4.79 Å². The molecule has 1 unspecified atom stereocenters. The summed E-state index contributed by atoms with van der Waals surface area (Å²) >= 11 is 0. The fourth-order valence-corrected chi connectivity index (χ4v) is 2.82. The molecule has 0 aliphatic carbocycles. The van der Waals surface area contributed by atoms with Crippen LogP contribution in [0.5, 0.6) is 0 Å². The van der Waals surface area contributed by atoms with Crippen molar-refractivity contribution in [3.05, 3.63) is 35.4 Å². The molecule has 1 aromatic carbocycles. The van der Waals surface area contributed by atoms with E-state index in [-0.39, 0.29) is 11.8 Å². The third kappa shape index (κ3) is 4.79. The molecule has 4 amide bonds. The summed E-state index contributed by atoms with van der Waals surface area (Å²) < 4.78 is 0. The maximum absolute atomic E-state index is 12.6. The van der Waals surface area contributed by atoms with Gasteiger partial charge >= 0.3 is 6.03 Å². The molecular weight excluding hydrogens is 320 g/mol. The summed E-state index contributed by atoms with van der Waals surface area (Å²) in [4.78, 5) is 39.6. The number of rotatable bonds is 4. The van der Waals surface area contributed by atoms with Crippen LogP contribution >= 0.6 is 0 Å². The van der Waals surface area contributed by atoms with E-state index in [1.807, 2.05) is 29.2 Å². The molecule has 0 bridgehead atoms. The van der Waals surface area contributed by atoms with Crippen molar-refractivity contribution < 1.29 is 14.4 Å². The van der Waals surface area contributed by atoms with Gasteiger partial charge in [0, 0.05) is 38.8 Å². The number of nitrogens with one attached hydrogen (secondary N) is 2. The van der Waals surface area contributed by atoms with Gasteiger partial charge in [0.25, 0.3) is 5.91 Å². The van der Waals surface area contributed by atoms with Crippen molar-refractivity contribution in [1.82, 2.24) is 20.4 Å². The summed E-state index contributed by atoms with van der Waals surface area (Å²) in [5.41, 5.74) is 1.90. The zero-order valence-electron chi connectivity index (χ0n) is 15.0. The van der Waals surface area contributed by atoms with Gasteiger partial charge in [0.1, 0.15) is 0 Å². The number of carbonyl (C=O) groups is 3. The Morgan fingerprint density at radius 1 is 1.08 bits per heavy atom. The number of hydrogen-bond donors (Lipinski definition) is 2. The van der Waals surface area contributed by atoms with Gasteiger partial charge < -0.3 is 10.2 Å². The molecule has 1 saturated heterocycles. The van der Waals surface area contributed by atoms with Crippen LogP contribution in [0.3, 0.4) is 0 Å². The number of amides is 4. The van der Waals surface area contributed by atoms with E-state index in [1.165, 1.54) is 12.6 Å². The highest BCUT2D eigenvalue weighted by Gasteiger charge is 2.28. The summed E-state index contributed by atoms with van der Waals surface area (Å²) in [5, 5.41) is 4.65. The Morgan fingerprint density at radius 2 is 1.68 bits per heavy atom. The normalized spacial score (nSPS) is 16.2. The van der Waals surface area contributed by atoms with Gasteiger partial charge in [-0.05, 0) is 31.0 Å². The maximum Gasteiger partial charge on any atom is 0.321 e. The van der Waals surface area contributed by atoms with Gasteiger partial charge in [-0.15, -0.1) is 0 Å². The topological polar surface area (TPSA) is 81.8 Å². The lowest BCUT2D eigenvalue weighted by atomic mass is 10.1. The highest BCUT2D eigenvalue weighted by atomic mass is 16.2. The third-order valence-electron chi connectivity index (χ3n) is 4.60. The van der Waals surface area contributed by atoms with Crippen molar-refractivity contribution in [3.63, 3.8) is 0 Å². The van der Waals surface area contributed by atoms with Crippen LogP contribution in [0.4, 0.5) is 4.79 Å². The Morgan fingerprint density at radius 3 is 2.20 bits per heavy atom. The molecular formula is C18H26N4O3. The molecule has 1 aromatic rings. The molecule has 1 heterocycles. The number of benzene rings is 1. The van der Waals surface area contributed by atoms with E-state index in [2.05, 4.69) is 17.6 Å². The first kappa shape index (κ1) is 18.9. The van der Waals surface area contributed by atoms with Gasteiger partial charge in [-0.2, -0.15) is 0 Å². The smallest absolute Gasteiger partial charge is 0.321 e. The Kier molecular flexibility index (Phi) is 6.52. The number of nitrogens with zero attached hydrogens (tertiary/aromatic N) is 2. The minimum Gasteiger partial charge on any atom is -0.341 e. The van der Waals surface area contributed by atoms with E-state index in [9.17, 15) is 14.4 Å². The van der Waals surface area contributed by atoms with Crippen molar-refractivity contribution in [2.24, 2.45) is 0 Å². The fourth-order valence-electron chi connectivity index (χ4n) is 2.82. The van der Waals surface area contributed by atoms with Crippen LogP contribution in [0.2, 0.25) is 0 Å². The Balaban J connectivity index is 1.88. The van der Waals surface area contributed by atoms with Crippen molar-refractivity contribution in [1.29, 1.82) is 0 Å². The minimum atomic E-state index is -0.513. The van der Waals surface area contributed by atoms with Crippen LogP contribution in [0.1, 0.15) is 29.8 Å². The quantitative estimate of drug-likeness (QED) is 0.847. The summed E-state index contributed by atoms with van der Waals surface area (Å²) in [6.07, 6.45) is 0.948. The van der Waals surface area contributed by atoms with Gasteiger partial charge in [0.15, 0.2) is 0 Å². The highest BCUT2D eigenvalue weighted by molar-refractivity contribution is 5.97. The monoisotopic (exact) mass is 346 g/mol. The molecule has 0 saturated carbocycles. The summed E-state index contributed by atoms with van der Waals surface area (Å²) in [7, 11) is 1.46. The van der Waals surface area contributed by atoms with E-state index < -0.39 is 12.1 Å². The molecule has 1 atom stereocenters. The standard InChI is InChI=1S/C18H26N4O3/c1-4-14-5-7-15(8-6-14)17(24)22-11-9-21(10-12-22)13(2)16(23)20-18(25)19-3/h5-8,13H,4,9-12H2,1-3H3,(H2,19,20,23,25). The molecule has 0 radical (unpaired) electrons. The van der Waals surface area contributed by atoms with Gasteiger partial charge in [0.2, 0.25) is 5.91 Å². The molecule has 136 valence electrons. The summed E-state index contributed by atoms with van der Waals surface area (Å²) in [6.45, 7) is 6.16. The van der Waals surface area contributed by atoms with Gasteiger partial charge in [-0.3, -0.25) is 19.8 Å². The summed E-state index contributed by atoms with van der Waals surface area (Å²) in [6, 6.07) is 6.77. The first-order valence-corrected chi connectivity index (χ1v) is 8.61. The first-order chi connectivity index (χ1) is 12.0. The second-order valence-corrected chi connectivity index (χ2v) is 6.12. The zero-order chi connectivity index (χ0) is 18.4. The number of piperazine rings is 1. The predicted octanol–water partition coefficient (Wildman–Crippen LogP) is 0.851. The van der Waals surface area contributed by atoms with E-state index in [0.717, 1.165) is 6.42 Å². The summed E-state index contributed by atoms with van der Waals surface area (Å²) in [5.74, 6) is -0.320. The van der Waals surface area contributed by atoms with Crippen molar-refractivity contribution >= 4 is 17.8 Å². The van der Waals surface area contributed by atoms with E-state index in [0.29, 0.717) is 31.7 Å². The van der Waals surface area contributed by atoms with Crippen molar-refractivity contribution in [3.8, 4) is 0 Å². The number of carbonyl (C=O) groups excluding carboxylic acids is 3. The van der Waals surface area contributed by atoms with Crippen LogP contribution in [-0.2, 0) is 11.2 Å². The average Bonchev–Trinajstić information content (AvgIpc) is 2.66. The molecule has 7 heteroatoms. The van der Waals surface area contributed by atoms with Crippen LogP contribution in [0.15, 0.2) is 24.3 Å². The first-order valence-electron chi connectivity index (χ1n) is 8.61. The van der Waals surface area contributed by atoms with Gasteiger partial charge in [0.05, 0.1) is 6.04 Å². The minimum absolute atomic E-state index is 0.0183.